The maximum Gasteiger partial charge on any atom is 0.268 e. The molecule has 0 saturated carbocycles. The lowest BCUT2D eigenvalue weighted by Gasteiger charge is -2.19. The van der Waals surface area contributed by atoms with Crippen LogP contribution in [0.15, 0.2) is 48.8 Å². The first-order valence-electron chi connectivity index (χ1n) is 11.1. The first-order valence-corrected chi connectivity index (χ1v) is 11.1. The average Bonchev–Trinajstić information content (AvgIpc) is 3.21. The van der Waals surface area contributed by atoms with E-state index in [1.807, 2.05) is 12.1 Å². The van der Waals surface area contributed by atoms with Gasteiger partial charge in [-0.3, -0.25) is 14.6 Å². The largest absolute Gasteiger partial charge is 0.475 e. The van der Waals surface area contributed by atoms with E-state index in [2.05, 4.69) is 15.3 Å². The van der Waals surface area contributed by atoms with Crippen molar-refractivity contribution >= 4 is 22.7 Å². The lowest BCUT2D eigenvalue weighted by molar-refractivity contribution is -0.131. The van der Waals surface area contributed by atoms with Crippen molar-refractivity contribution in [2.24, 2.45) is 0 Å². The molecule has 0 bridgehead atoms. The van der Waals surface area contributed by atoms with Gasteiger partial charge in [-0.15, -0.1) is 0 Å². The number of halogens is 2. The molecule has 1 N–H and O–H groups in total. The Bertz CT molecular complexity index is 1310. The minimum Gasteiger partial charge on any atom is -0.475 e. The van der Waals surface area contributed by atoms with Crippen LogP contribution in [0.2, 0.25) is 0 Å². The number of carbonyl (C=O) groups is 2. The van der Waals surface area contributed by atoms with Crippen molar-refractivity contribution in [3.05, 3.63) is 54.4 Å². The Balaban J connectivity index is 1.49. The lowest BCUT2D eigenvalue weighted by atomic mass is 10.0. The van der Waals surface area contributed by atoms with Crippen molar-refractivity contribution in [3.8, 4) is 23.1 Å². The molecule has 1 atom stereocenters. The van der Waals surface area contributed by atoms with Gasteiger partial charge in [-0.25, -0.2) is 13.8 Å². The van der Waals surface area contributed by atoms with Crippen molar-refractivity contribution in [2.75, 3.05) is 33.4 Å². The zero-order valence-electron chi connectivity index (χ0n) is 19.4. The molecule has 3 aromatic rings. The highest BCUT2D eigenvalue weighted by molar-refractivity contribution is 6.07. The second kappa shape index (κ2) is 10.6. The Morgan fingerprint density at radius 2 is 2.00 bits per heavy atom. The predicted octanol–water partition coefficient (Wildman–Crippen LogP) is 2.81. The van der Waals surface area contributed by atoms with Crippen LogP contribution >= 0.6 is 0 Å². The van der Waals surface area contributed by atoms with Crippen LogP contribution in [0.25, 0.3) is 22.0 Å². The van der Waals surface area contributed by atoms with E-state index < -0.39 is 43.3 Å². The van der Waals surface area contributed by atoms with Crippen LogP contribution in [0.5, 0.6) is 5.88 Å². The summed E-state index contributed by atoms with van der Waals surface area (Å²) in [4.78, 5) is 34.7. The van der Waals surface area contributed by atoms with Gasteiger partial charge in [-0.2, -0.15) is 5.26 Å². The number of fused-ring (bicyclic) bond motifs is 1. The van der Waals surface area contributed by atoms with Gasteiger partial charge in [0.2, 0.25) is 11.8 Å². The van der Waals surface area contributed by atoms with Crippen molar-refractivity contribution in [3.63, 3.8) is 0 Å². The highest BCUT2D eigenvalue weighted by Crippen LogP contribution is 2.31. The zero-order chi connectivity index (χ0) is 25.7. The fraction of sp³-hybridized carbons (Fsp3) is 0.320. The molecule has 0 aliphatic carbocycles. The summed E-state index contributed by atoms with van der Waals surface area (Å²) in [7, 11) is 1.58. The summed E-state index contributed by atoms with van der Waals surface area (Å²) < 4.78 is 37.7. The van der Waals surface area contributed by atoms with E-state index in [0.29, 0.717) is 30.0 Å². The Morgan fingerprint density at radius 1 is 1.19 bits per heavy atom. The van der Waals surface area contributed by atoms with Crippen molar-refractivity contribution < 1.29 is 27.8 Å². The molecule has 36 heavy (non-hydrogen) atoms. The van der Waals surface area contributed by atoms with Gasteiger partial charge in [0, 0.05) is 42.9 Å². The van der Waals surface area contributed by atoms with E-state index in [1.54, 1.807) is 37.6 Å². The normalized spacial score (nSPS) is 16.5. The van der Waals surface area contributed by atoms with Crippen LogP contribution in [0, 0.1) is 11.3 Å². The monoisotopic (exact) mass is 495 g/mol. The maximum atomic E-state index is 13.6. The number of carbonyl (C=O) groups excluding carboxylic acids is 2. The van der Waals surface area contributed by atoms with Gasteiger partial charge in [-0.1, -0.05) is 6.07 Å². The van der Waals surface area contributed by atoms with Gasteiger partial charge in [0.1, 0.15) is 12.6 Å². The third-order valence-corrected chi connectivity index (χ3v) is 5.73. The van der Waals surface area contributed by atoms with E-state index in [0.717, 1.165) is 16.0 Å². The van der Waals surface area contributed by atoms with Gasteiger partial charge < -0.3 is 19.7 Å². The van der Waals surface area contributed by atoms with E-state index in [9.17, 15) is 18.4 Å². The van der Waals surface area contributed by atoms with Crippen molar-refractivity contribution in [2.45, 2.75) is 18.4 Å². The van der Waals surface area contributed by atoms with Gasteiger partial charge >= 0.3 is 0 Å². The van der Waals surface area contributed by atoms with Crippen LogP contribution in [-0.2, 0) is 9.53 Å². The molecule has 186 valence electrons. The van der Waals surface area contributed by atoms with Crippen LogP contribution in [0.4, 0.5) is 8.78 Å². The van der Waals surface area contributed by atoms with Crippen LogP contribution in [0.1, 0.15) is 16.8 Å². The van der Waals surface area contributed by atoms with Crippen LogP contribution in [0.3, 0.4) is 0 Å². The maximum absolute atomic E-state index is 13.6. The van der Waals surface area contributed by atoms with Crippen LogP contribution < -0.4 is 10.1 Å². The van der Waals surface area contributed by atoms with Crippen molar-refractivity contribution in [1.82, 2.24) is 20.2 Å². The molecule has 1 fully saturated rings. The molecule has 1 aliphatic heterocycles. The number of benzene rings is 1. The molecule has 0 radical (unpaired) electrons. The van der Waals surface area contributed by atoms with E-state index >= 15 is 0 Å². The average molecular weight is 495 g/mol. The number of rotatable bonds is 8. The number of amides is 2. The molecular weight excluding hydrogens is 472 g/mol. The molecule has 9 nitrogen and oxygen atoms in total. The summed E-state index contributed by atoms with van der Waals surface area (Å²) in [6.45, 7) is -0.527. The molecular formula is C25H23F2N5O4. The molecule has 2 aromatic heterocycles. The molecule has 4 rings (SSSR count). The minimum absolute atomic E-state index is 0.269. The topological polar surface area (TPSA) is 117 Å². The molecule has 0 unspecified atom stereocenters. The fourth-order valence-corrected chi connectivity index (χ4v) is 3.94. The Morgan fingerprint density at radius 3 is 2.72 bits per heavy atom. The quantitative estimate of drug-likeness (QED) is 0.478. The number of hydrogen-bond donors (Lipinski definition) is 1. The van der Waals surface area contributed by atoms with Gasteiger partial charge in [0.25, 0.3) is 11.8 Å². The second-order valence-electron chi connectivity index (χ2n) is 8.23. The SMILES string of the molecule is COCCOc1ccc(-c2ccc3nccc(C(=O)NCC(=O)N4CC(F)(F)C[C@H]4C#N)c3c2)cn1. The third kappa shape index (κ3) is 5.55. The number of likely N-dealkylation sites (tertiary alicyclic amines) is 1. The number of nitrogens with zero attached hydrogens (tertiary/aromatic N) is 4. The number of alkyl halides is 2. The van der Waals surface area contributed by atoms with Crippen molar-refractivity contribution in [1.29, 1.82) is 5.26 Å². The molecule has 2 amide bonds. The minimum atomic E-state index is -3.12. The van der Waals surface area contributed by atoms with Gasteiger partial charge in [0.15, 0.2) is 0 Å². The third-order valence-electron chi connectivity index (χ3n) is 5.73. The second-order valence-corrected chi connectivity index (χ2v) is 8.23. The molecule has 3 heterocycles. The van der Waals surface area contributed by atoms with Crippen LogP contribution in [-0.4, -0.2) is 72.1 Å². The summed E-state index contributed by atoms with van der Waals surface area (Å²) >= 11 is 0. The summed E-state index contributed by atoms with van der Waals surface area (Å²) in [5.74, 6) is -3.98. The summed E-state index contributed by atoms with van der Waals surface area (Å²) in [6.07, 6.45) is 2.41. The first kappa shape index (κ1) is 24.9. The zero-order valence-corrected chi connectivity index (χ0v) is 19.4. The number of nitrogens with one attached hydrogen (secondary N) is 1. The molecule has 11 heteroatoms. The number of ether oxygens (including phenoxy) is 2. The smallest absolute Gasteiger partial charge is 0.268 e. The molecule has 1 saturated heterocycles. The van der Waals surface area contributed by atoms with Gasteiger partial charge in [-0.05, 0) is 29.8 Å². The van der Waals surface area contributed by atoms with Gasteiger partial charge in [0.05, 0.1) is 36.8 Å². The number of methoxy groups -OCH3 is 1. The highest BCUT2D eigenvalue weighted by Gasteiger charge is 2.47. The van der Waals surface area contributed by atoms with E-state index in [4.69, 9.17) is 14.7 Å². The Labute approximate surface area is 205 Å². The Kier molecular flexibility index (Phi) is 7.36. The van der Waals surface area contributed by atoms with E-state index in [1.165, 1.54) is 12.3 Å². The number of hydrogen-bond acceptors (Lipinski definition) is 7. The molecule has 1 aliphatic rings. The number of pyridine rings is 2. The Hall–Kier alpha value is -4.17. The fourth-order valence-electron chi connectivity index (χ4n) is 3.94. The number of aromatic nitrogens is 2. The van der Waals surface area contributed by atoms with E-state index in [-0.39, 0.29) is 5.56 Å². The standard InChI is InChI=1S/C25H23F2N5O4/c1-35-8-9-36-22-5-3-17(13-30-22)16-2-4-21-20(10-16)19(6-7-29-21)24(34)31-14-23(33)32-15-25(26,27)11-18(32)12-28/h2-7,10,13,18H,8-9,11,14-15H2,1H3,(H,31,34)/t18-/m0/s1. The molecule has 1 aromatic carbocycles. The summed E-state index contributed by atoms with van der Waals surface area (Å²) in [5.41, 5.74) is 2.41. The highest BCUT2D eigenvalue weighted by atomic mass is 19.3. The number of nitriles is 1. The summed E-state index contributed by atoms with van der Waals surface area (Å²) in [6, 6.07) is 11.0. The molecule has 0 spiro atoms. The lowest BCUT2D eigenvalue weighted by Crippen LogP contribution is -2.43. The summed E-state index contributed by atoms with van der Waals surface area (Å²) in [5, 5.41) is 12.1. The predicted molar refractivity (Wildman–Crippen MR) is 125 cm³/mol. The first-order chi connectivity index (χ1) is 17.3.